The van der Waals surface area contributed by atoms with Crippen molar-refractivity contribution in [1.82, 2.24) is 0 Å². The van der Waals surface area contributed by atoms with Crippen molar-refractivity contribution in [2.24, 2.45) is 10.2 Å². The molecule has 78 valence electrons. The number of ether oxygens (including phenoxy) is 1. The van der Waals surface area contributed by atoms with Gasteiger partial charge in [-0.2, -0.15) is 10.2 Å². The first-order chi connectivity index (χ1) is 7.04. The molecule has 15 heavy (non-hydrogen) atoms. The quantitative estimate of drug-likeness (QED) is 0.660. The Bertz CT molecular complexity index is 450. The number of nitrogens with zero attached hydrogens (tertiary/aromatic N) is 2. The molecular weight excluding hydrogens is 192 g/mol. The zero-order valence-electron chi connectivity index (χ0n) is 8.94. The van der Waals surface area contributed by atoms with E-state index in [1.165, 1.54) is 7.11 Å². The molecule has 0 aliphatic carbocycles. The van der Waals surface area contributed by atoms with E-state index < -0.39 is 0 Å². The summed E-state index contributed by atoms with van der Waals surface area (Å²) in [4.78, 5) is 11.3. The Morgan fingerprint density at radius 1 is 1.40 bits per heavy atom. The lowest BCUT2D eigenvalue weighted by atomic mass is 9.94. The van der Waals surface area contributed by atoms with E-state index in [0.717, 1.165) is 11.3 Å². The van der Waals surface area contributed by atoms with Crippen LogP contribution in [0.4, 0.5) is 5.69 Å². The SMILES string of the molecule is COC(=O)c1ccc2c(c1)N=NC2(C)C. The van der Waals surface area contributed by atoms with E-state index in [9.17, 15) is 4.79 Å². The van der Waals surface area contributed by atoms with Crippen LogP contribution in [-0.4, -0.2) is 13.1 Å². The van der Waals surface area contributed by atoms with Gasteiger partial charge in [0.2, 0.25) is 0 Å². The largest absolute Gasteiger partial charge is 0.465 e. The minimum absolute atomic E-state index is 0.288. The Hall–Kier alpha value is -1.71. The molecule has 1 aromatic carbocycles. The normalized spacial score (nSPS) is 16.2. The van der Waals surface area contributed by atoms with Crippen LogP contribution in [-0.2, 0) is 10.3 Å². The van der Waals surface area contributed by atoms with Gasteiger partial charge in [-0.1, -0.05) is 6.07 Å². The van der Waals surface area contributed by atoms with E-state index in [1.54, 1.807) is 12.1 Å². The Morgan fingerprint density at radius 3 is 2.80 bits per heavy atom. The van der Waals surface area contributed by atoms with Crippen LogP contribution in [0.15, 0.2) is 28.4 Å². The molecule has 1 heterocycles. The number of carbonyl (C=O) groups is 1. The molecule has 0 N–H and O–H groups in total. The fourth-order valence-corrected chi connectivity index (χ4v) is 1.61. The standard InChI is InChI=1S/C11H12N2O2/c1-11(2)8-5-4-7(10(14)15-3)6-9(8)12-13-11/h4-6H,1-3H3. The van der Waals surface area contributed by atoms with Crippen molar-refractivity contribution < 1.29 is 9.53 Å². The van der Waals surface area contributed by atoms with Crippen molar-refractivity contribution >= 4 is 11.7 Å². The van der Waals surface area contributed by atoms with Crippen molar-refractivity contribution in [2.45, 2.75) is 19.4 Å². The Labute approximate surface area is 88.0 Å². The van der Waals surface area contributed by atoms with Crippen LogP contribution < -0.4 is 0 Å². The molecule has 0 fully saturated rings. The fourth-order valence-electron chi connectivity index (χ4n) is 1.61. The zero-order valence-corrected chi connectivity index (χ0v) is 8.94. The Kier molecular flexibility index (Phi) is 2.07. The van der Waals surface area contributed by atoms with Gasteiger partial charge in [-0.15, -0.1) is 0 Å². The summed E-state index contributed by atoms with van der Waals surface area (Å²) in [7, 11) is 1.36. The molecule has 1 aliphatic rings. The van der Waals surface area contributed by atoms with E-state index in [1.807, 2.05) is 19.9 Å². The third kappa shape index (κ3) is 1.52. The van der Waals surface area contributed by atoms with Crippen molar-refractivity contribution in [2.75, 3.05) is 7.11 Å². The van der Waals surface area contributed by atoms with Crippen molar-refractivity contribution in [3.05, 3.63) is 29.3 Å². The van der Waals surface area contributed by atoms with E-state index in [0.29, 0.717) is 5.56 Å². The van der Waals surface area contributed by atoms with Crippen LogP contribution in [0.2, 0.25) is 0 Å². The summed E-state index contributed by atoms with van der Waals surface area (Å²) < 4.78 is 4.64. The van der Waals surface area contributed by atoms with Gasteiger partial charge in [-0.3, -0.25) is 0 Å². The number of carbonyl (C=O) groups excluding carboxylic acids is 1. The average Bonchev–Trinajstić information content (AvgIpc) is 2.53. The molecule has 0 amide bonds. The van der Waals surface area contributed by atoms with E-state index in [2.05, 4.69) is 15.0 Å². The number of methoxy groups -OCH3 is 1. The van der Waals surface area contributed by atoms with Crippen LogP contribution in [0.25, 0.3) is 0 Å². The van der Waals surface area contributed by atoms with Gasteiger partial charge < -0.3 is 4.74 Å². The smallest absolute Gasteiger partial charge is 0.337 e. The molecule has 0 spiro atoms. The summed E-state index contributed by atoms with van der Waals surface area (Å²) in [5.41, 5.74) is 2.01. The molecule has 1 aromatic rings. The Morgan fingerprint density at radius 2 is 2.13 bits per heavy atom. The van der Waals surface area contributed by atoms with Crippen LogP contribution in [0, 0.1) is 0 Å². The molecule has 0 saturated heterocycles. The zero-order chi connectivity index (χ0) is 11.1. The van der Waals surface area contributed by atoms with Crippen molar-refractivity contribution in [1.29, 1.82) is 0 Å². The van der Waals surface area contributed by atoms with Crippen molar-refractivity contribution in [3.8, 4) is 0 Å². The van der Waals surface area contributed by atoms with Gasteiger partial charge in [-0.25, -0.2) is 4.79 Å². The lowest BCUT2D eigenvalue weighted by Gasteiger charge is -2.13. The molecule has 4 nitrogen and oxygen atoms in total. The second kappa shape index (κ2) is 3.15. The summed E-state index contributed by atoms with van der Waals surface area (Å²) in [6, 6.07) is 5.32. The number of esters is 1. The summed E-state index contributed by atoms with van der Waals surface area (Å²) in [5.74, 6) is -0.349. The molecule has 4 heteroatoms. The van der Waals surface area contributed by atoms with Gasteiger partial charge in [0.05, 0.1) is 18.4 Å². The number of benzene rings is 1. The lowest BCUT2D eigenvalue weighted by Crippen LogP contribution is -2.10. The number of rotatable bonds is 1. The van der Waals surface area contributed by atoms with Gasteiger partial charge in [0.15, 0.2) is 0 Å². The van der Waals surface area contributed by atoms with Crippen molar-refractivity contribution in [3.63, 3.8) is 0 Å². The molecule has 0 atom stereocenters. The van der Waals surface area contributed by atoms with Gasteiger partial charge in [-0.05, 0) is 26.0 Å². The molecule has 1 aliphatic heterocycles. The summed E-state index contributed by atoms with van der Waals surface area (Å²) in [6.45, 7) is 3.97. The van der Waals surface area contributed by atoms with E-state index in [4.69, 9.17) is 0 Å². The topological polar surface area (TPSA) is 51.0 Å². The predicted octanol–water partition coefficient (Wildman–Crippen LogP) is 2.81. The number of fused-ring (bicyclic) bond motifs is 1. The molecule has 0 saturated carbocycles. The predicted molar refractivity (Wildman–Crippen MR) is 55.3 cm³/mol. The molecule has 0 bridgehead atoms. The molecular formula is C11H12N2O2. The molecule has 0 unspecified atom stereocenters. The second-order valence-corrected chi connectivity index (χ2v) is 3.98. The highest BCUT2D eigenvalue weighted by Gasteiger charge is 2.28. The van der Waals surface area contributed by atoms with Crippen LogP contribution in [0.1, 0.15) is 29.8 Å². The van der Waals surface area contributed by atoms with Crippen LogP contribution >= 0.6 is 0 Å². The fraction of sp³-hybridized carbons (Fsp3) is 0.364. The minimum Gasteiger partial charge on any atom is -0.465 e. The highest BCUT2D eigenvalue weighted by Crippen LogP contribution is 2.40. The van der Waals surface area contributed by atoms with E-state index in [-0.39, 0.29) is 11.5 Å². The number of azo groups is 1. The minimum atomic E-state index is -0.349. The first kappa shape index (κ1) is 9.83. The van der Waals surface area contributed by atoms with Gasteiger partial charge in [0.25, 0.3) is 0 Å². The molecule has 0 aromatic heterocycles. The summed E-state index contributed by atoms with van der Waals surface area (Å²) in [5, 5.41) is 8.18. The average molecular weight is 204 g/mol. The third-order valence-corrected chi connectivity index (χ3v) is 2.49. The first-order valence-electron chi connectivity index (χ1n) is 4.70. The summed E-state index contributed by atoms with van der Waals surface area (Å²) >= 11 is 0. The maximum absolute atomic E-state index is 11.3. The first-order valence-corrected chi connectivity index (χ1v) is 4.70. The Balaban J connectivity index is 2.46. The highest BCUT2D eigenvalue weighted by molar-refractivity contribution is 5.90. The highest BCUT2D eigenvalue weighted by atomic mass is 16.5. The van der Waals surface area contributed by atoms with Gasteiger partial charge in [0, 0.05) is 5.56 Å². The second-order valence-electron chi connectivity index (χ2n) is 3.98. The third-order valence-electron chi connectivity index (χ3n) is 2.49. The summed E-state index contributed by atoms with van der Waals surface area (Å²) in [6.07, 6.45) is 0. The lowest BCUT2D eigenvalue weighted by molar-refractivity contribution is 0.0601. The number of hydrogen-bond donors (Lipinski definition) is 0. The molecule has 2 rings (SSSR count). The van der Waals surface area contributed by atoms with Gasteiger partial charge in [0.1, 0.15) is 5.54 Å². The number of hydrogen-bond acceptors (Lipinski definition) is 4. The van der Waals surface area contributed by atoms with E-state index >= 15 is 0 Å². The maximum atomic E-state index is 11.3. The van der Waals surface area contributed by atoms with Gasteiger partial charge >= 0.3 is 5.97 Å². The van der Waals surface area contributed by atoms with Crippen LogP contribution in [0.5, 0.6) is 0 Å². The van der Waals surface area contributed by atoms with Crippen LogP contribution in [0.3, 0.4) is 0 Å². The molecule has 0 radical (unpaired) electrons. The monoisotopic (exact) mass is 204 g/mol. The maximum Gasteiger partial charge on any atom is 0.337 e.